The molecular weight excluding hydrogens is 336 g/mol. The average Bonchev–Trinajstić information content (AvgIpc) is 3.26. The highest BCUT2D eigenvalue weighted by Crippen LogP contribution is 2.28. The van der Waals surface area contributed by atoms with E-state index in [1.807, 2.05) is 29.8 Å². The van der Waals surface area contributed by atoms with E-state index in [1.165, 1.54) is 17.3 Å². The van der Waals surface area contributed by atoms with Gasteiger partial charge in [-0.05, 0) is 29.5 Å². The maximum atomic E-state index is 5.96. The second-order valence-electron chi connectivity index (χ2n) is 6.05. The topological polar surface area (TPSA) is 56.3 Å². The predicted molar refractivity (Wildman–Crippen MR) is 94.2 cm³/mol. The Balaban J connectivity index is 1.38. The van der Waals surface area contributed by atoms with Crippen LogP contribution in [0.2, 0.25) is 0 Å². The van der Waals surface area contributed by atoms with Gasteiger partial charge in [-0.2, -0.15) is 0 Å². The molecule has 0 N–H and O–H groups in total. The Morgan fingerprint density at radius 2 is 2.08 bits per heavy atom. The number of hydrogen-bond acceptors (Lipinski definition) is 6. The minimum Gasteiger partial charge on any atom is -0.453 e. The van der Waals surface area contributed by atoms with E-state index < -0.39 is 0 Å². The van der Waals surface area contributed by atoms with Crippen molar-refractivity contribution in [1.82, 2.24) is 19.7 Å². The van der Waals surface area contributed by atoms with E-state index in [9.17, 15) is 0 Å². The first-order valence-corrected chi connectivity index (χ1v) is 9.09. The van der Waals surface area contributed by atoms with Crippen molar-refractivity contribution >= 4 is 11.8 Å². The Bertz CT molecular complexity index is 817. The van der Waals surface area contributed by atoms with E-state index in [-0.39, 0.29) is 6.10 Å². The van der Waals surface area contributed by atoms with Crippen LogP contribution in [-0.4, -0.2) is 39.4 Å². The van der Waals surface area contributed by atoms with Gasteiger partial charge in [0.1, 0.15) is 12.1 Å². The Morgan fingerprint density at radius 1 is 1.20 bits per heavy atom. The second kappa shape index (κ2) is 7.43. The number of rotatable bonds is 5. The van der Waals surface area contributed by atoms with Gasteiger partial charge < -0.3 is 13.7 Å². The van der Waals surface area contributed by atoms with Gasteiger partial charge in [-0.25, -0.2) is 0 Å². The van der Waals surface area contributed by atoms with Crippen LogP contribution in [0.5, 0.6) is 0 Å². The second-order valence-corrected chi connectivity index (χ2v) is 7.02. The van der Waals surface area contributed by atoms with Gasteiger partial charge in [-0.1, -0.05) is 30.3 Å². The molecule has 6 nitrogen and oxygen atoms in total. The molecule has 0 unspecified atom stereocenters. The van der Waals surface area contributed by atoms with Crippen molar-refractivity contribution < 1.29 is 9.15 Å². The standard InChI is InChI=1S/C18H20N4O2S/c1-21-13-19-20-18(21)25-17-8-7-15(24-17)11-22-9-10-23-16(12-22)14-5-3-2-4-6-14/h2-8,13,16H,9-12H2,1H3/t16-/m0/s1. The first-order valence-electron chi connectivity index (χ1n) is 8.27. The largest absolute Gasteiger partial charge is 0.453 e. The van der Waals surface area contributed by atoms with Crippen molar-refractivity contribution in [2.24, 2.45) is 7.05 Å². The van der Waals surface area contributed by atoms with E-state index in [0.29, 0.717) is 0 Å². The van der Waals surface area contributed by atoms with Gasteiger partial charge in [0.15, 0.2) is 10.2 Å². The summed E-state index contributed by atoms with van der Waals surface area (Å²) < 4.78 is 13.8. The van der Waals surface area contributed by atoms with Crippen molar-refractivity contribution in [3.05, 3.63) is 60.1 Å². The highest BCUT2D eigenvalue weighted by atomic mass is 32.2. The highest BCUT2D eigenvalue weighted by molar-refractivity contribution is 7.99. The molecule has 1 aromatic carbocycles. The zero-order chi connectivity index (χ0) is 17.1. The van der Waals surface area contributed by atoms with Crippen molar-refractivity contribution in [2.75, 3.05) is 19.7 Å². The third kappa shape index (κ3) is 3.95. The fraction of sp³-hybridized carbons (Fsp3) is 0.333. The molecule has 0 aliphatic carbocycles. The monoisotopic (exact) mass is 356 g/mol. The molecule has 25 heavy (non-hydrogen) atoms. The number of hydrogen-bond donors (Lipinski definition) is 0. The van der Waals surface area contributed by atoms with Crippen molar-refractivity contribution in [1.29, 1.82) is 0 Å². The molecule has 3 aromatic rings. The zero-order valence-corrected chi connectivity index (χ0v) is 14.9. The van der Waals surface area contributed by atoms with Gasteiger partial charge in [0, 0.05) is 20.1 Å². The smallest absolute Gasteiger partial charge is 0.198 e. The van der Waals surface area contributed by atoms with E-state index in [2.05, 4.69) is 39.4 Å². The summed E-state index contributed by atoms with van der Waals surface area (Å²) in [6, 6.07) is 14.4. The number of aromatic nitrogens is 3. The van der Waals surface area contributed by atoms with Crippen molar-refractivity contribution in [2.45, 2.75) is 22.9 Å². The summed E-state index contributed by atoms with van der Waals surface area (Å²) in [7, 11) is 1.92. The van der Waals surface area contributed by atoms with Crippen LogP contribution >= 0.6 is 11.8 Å². The molecule has 1 aliphatic heterocycles. The van der Waals surface area contributed by atoms with Crippen molar-refractivity contribution in [3.63, 3.8) is 0 Å². The highest BCUT2D eigenvalue weighted by Gasteiger charge is 2.22. The Morgan fingerprint density at radius 3 is 2.88 bits per heavy atom. The van der Waals surface area contributed by atoms with Crippen LogP contribution in [0.4, 0.5) is 0 Å². The summed E-state index contributed by atoms with van der Waals surface area (Å²) in [4.78, 5) is 2.37. The number of ether oxygens (including phenoxy) is 1. The number of benzene rings is 1. The number of aryl methyl sites for hydroxylation is 1. The molecule has 130 valence electrons. The van der Waals surface area contributed by atoms with Gasteiger partial charge in [0.25, 0.3) is 0 Å². The van der Waals surface area contributed by atoms with Crippen LogP contribution in [0.15, 0.2) is 63.5 Å². The first-order chi connectivity index (χ1) is 12.3. The number of morpholine rings is 1. The molecule has 1 saturated heterocycles. The molecule has 1 aliphatic rings. The molecule has 0 amide bonds. The van der Waals surface area contributed by atoms with E-state index in [1.54, 1.807) is 6.33 Å². The average molecular weight is 356 g/mol. The maximum absolute atomic E-state index is 5.96. The molecular formula is C18H20N4O2S. The summed E-state index contributed by atoms with van der Waals surface area (Å²) in [5.74, 6) is 0.957. The molecule has 0 radical (unpaired) electrons. The lowest BCUT2D eigenvalue weighted by Gasteiger charge is -2.32. The molecule has 0 bridgehead atoms. The molecule has 1 fully saturated rings. The maximum Gasteiger partial charge on any atom is 0.198 e. The normalized spacial score (nSPS) is 18.5. The summed E-state index contributed by atoms with van der Waals surface area (Å²) in [5.41, 5.74) is 1.23. The van der Waals surface area contributed by atoms with Gasteiger partial charge in [-0.3, -0.25) is 4.90 Å². The van der Waals surface area contributed by atoms with E-state index >= 15 is 0 Å². The van der Waals surface area contributed by atoms with Crippen molar-refractivity contribution in [3.8, 4) is 0 Å². The SMILES string of the molecule is Cn1cnnc1Sc1ccc(CN2CCO[C@H](c3ccccc3)C2)o1. The zero-order valence-electron chi connectivity index (χ0n) is 14.0. The van der Waals surface area contributed by atoms with E-state index in [0.717, 1.165) is 42.3 Å². The molecule has 3 heterocycles. The van der Waals surface area contributed by atoms with Crippen LogP contribution in [0.1, 0.15) is 17.4 Å². The number of furan rings is 1. The summed E-state index contributed by atoms with van der Waals surface area (Å²) >= 11 is 1.48. The molecule has 0 saturated carbocycles. The summed E-state index contributed by atoms with van der Waals surface area (Å²) in [6.45, 7) is 3.30. The Kier molecular flexibility index (Phi) is 4.87. The summed E-state index contributed by atoms with van der Waals surface area (Å²) in [5, 5.41) is 9.60. The van der Waals surface area contributed by atoms with Crippen LogP contribution in [0.25, 0.3) is 0 Å². The summed E-state index contributed by atoms with van der Waals surface area (Å²) in [6.07, 6.45) is 1.81. The van der Waals surface area contributed by atoms with Gasteiger partial charge in [0.2, 0.25) is 0 Å². The fourth-order valence-electron chi connectivity index (χ4n) is 2.89. The lowest BCUT2D eigenvalue weighted by atomic mass is 10.1. The minimum absolute atomic E-state index is 0.123. The predicted octanol–water partition coefficient (Wildman–Crippen LogP) is 3.13. The lowest BCUT2D eigenvalue weighted by Crippen LogP contribution is -2.37. The van der Waals surface area contributed by atoms with Crippen LogP contribution < -0.4 is 0 Å². The number of nitrogens with zero attached hydrogens (tertiary/aromatic N) is 4. The van der Waals surface area contributed by atoms with Crippen LogP contribution in [-0.2, 0) is 18.3 Å². The van der Waals surface area contributed by atoms with Crippen LogP contribution in [0, 0.1) is 0 Å². The molecule has 1 atom stereocenters. The van der Waals surface area contributed by atoms with Crippen LogP contribution in [0.3, 0.4) is 0 Å². The first kappa shape index (κ1) is 16.4. The Labute approximate surface area is 150 Å². The fourth-order valence-corrected chi connectivity index (χ4v) is 3.63. The molecule has 4 rings (SSSR count). The minimum atomic E-state index is 0.123. The molecule has 2 aromatic heterocycles. The quantitative estimate of drug-likeness (QED) is 0.700. The van der Waals surface area contributed by atoms with Gasteiger partial charge in [0.05, 0.1) is 19.3 Å². The van der Waals surface area contributed by atoms with Gasteiger partial charge in [-0.15, -0.1) is 10.2 Å². The third-order valence-electron chi connectivity index (χ3n) is 4.20. The molecule has 0 spiro atoms. The van der Waals surface area contributed by atoms with E-state index in [4.69, 9.17) is 9.15 Å². The Hall–Kier alpha value is -2.09. The third-order valence-corrected chi connectivity index (χ3v) is 5.17. The van der Waals surface area contributed by atoms with Gasteiger partial charge >= 0.3 is 0 Å². The molecule has 7 heteroatoms. The lowest BCUT2D eigenvalue weighted by molar-refractivity contribution is -0.0349.